The highest BCUT2D eigenvalue weighted by atomic mass is 35.5. The topological polar surface area (TPSA) is 53.9 Å². The van der Waals surface area contributed by atoms with Crippen LogP contribution in [-0.2, 0) is 4.79 Å². The van der Waals surface area contributed by atoms with E-state index in [1.54, 1.807) is 43.1 Å². The molecule has 2 aliphatic heterocycles. The third-order valence-corrected chi connectivity index (χ3v) is 6.05. The van der Waals surface area contributed by atoms with Crippen molar-refractivity contribution < 1.29 is 9.53 Å². The number of hydrogen-bond acceptors (Lipinski definition) is 5. The van der Waals surface area contributed by atoms with Gasteiger partial charge in [0.2, 0.25) is 0 Å². The largest absolute Gasteiger partial charge is 0.497 e. The maximum Gasteiger partial charge on any atom is 0.255 e. The number of halogens is 1. The molecule has 0 aliphatic carbocycles. The smallest absolute Gasteiger partial charge is 0.255 e. The van der Waals surface area contributed by atoms with E-state index in [2.05, 4.69) is 10.2 Å². The standard InChI is InChI=1S/C21H20ClN3O2S/c1-13-18(20(26)24-16-7-5-15(22)6-8-16)19(25-11-12-28-21(25)23-13)14-3-9-17(27-2)10-4-14/h3-10,19H,11-12H2,1-2H3,(H,24,26). The minimum atomic E-state index is -0.180. The number of ether oxygens (including phenoxy) is 1. The van der Waals surface area contributed by atoms with Crippen LogP contribution in [0.1, 0.15) is 18.5 Å². The van der Waals surface area contributed by atoms with Crippen molar-refractivity contribution in [1.29, 1.82) is 0 Å². The Hall–Kier alpha value is -2.44. The number of methoxy groups -OCH3 is 1. The van der Waals surface area contributed by atoms with Gasteiger partial charge in [-0.2, -0.15) is 0 Å². The molecule has 1 amide bonds. The van der Waals surface area contributed by atoms with Gasteiger partial charge in [0.25, 0.3) is 5.91 Å². The van der Waals surface area contributed by atoms with Crippen molar-refractivity contribution in [3.05, 3.63) is 70.4 Å². The first-order chi connectivity index (χ1) is 13.6. The number of rotatable bonds is 4. The summed E-state index contributed by atoms with van der Waals surface area (Å²) in [5.74, 6) is 1.60. The maximum absolute atomic E-state index is 13.2. The van der Waals surface area contributed by atoms with Crippen LogP contribution in [0.2, 0.25) is 5.02 Å². The first-order valence-electron chi connectivity index (χ1n) is 8.96. The normalized spacial score (nSPS) is 18.6. The molecule has 1 N–H and O–H groups in total. The van der Waals surface area contributed by atoms with Crippen molar-refractivity contribution in [3.63, 3.8) is 0 Å². The summed E-state index contributed by atoms with van der Waals surface area (Å²) >= 11 is 7.68. The van der Waals surface area contributed by atoms with E-state index in [4.69, 9.17) is 21.3 Å². The maximum atomic E-state index is 13.2. The summed E-state index contributed by atoms with van der Waals surface area (Å²) in [7, 11) is 1.65. The van der Waals surface area contributed by atoms with Crippen LogP contribution in [0.5, 0.6) is 5.75 Å². The SMILES string of the molecule is COc1ccc(C2C(C(=O)Nc3ccc(Cl)cc3)=C(C)N=C3SCCN32)cc1. The van der Waals surface area contributed by atoms with Gasteiger partial charge >= 0.3 is 0 Å². The molecule has 0 bridgehead atoms. The van der Waals surface area contributed by atoms with Crippen molar-refractivity contribution >= 4 is 40.1 Å². The minimum absolute atomic E-state index is 0.152. The van der Waals surface area contributed by atoms with E-state index >= 15 is 0 Å². The summed E-state index contributed by atoms with van der Waals surface area (Å²) in [6.45, 7) is 2.75. The Morgan fingerprint density at radius 3 is 2.61 bits per heavy atom. The van der Waals surface area contributed by atoms with Crippen LogP contribution in [0.25, 0.3) is 0 Å². The number of hydrogen-bond donors (Lipinski definition) is 1. The molecule has 144 valence electrons. The van der Waals surface area contributed by atoms with Crippen molar-refractivity contribution in [2.45, 2.75) is 13.0 Å². The molecule has 28 heavy (non-hydrogen) atoms. The predicted molar refractivity (Wildman–Crippen MR) is 115 cm³/mol. The number of allylic oxidation sites excluding steroid dienone is 1. The van der Waals surface area contributed by atoms with Crippen LogP contribution in [0.15, 0.2) is 64.8 Å². The third kappa shape index (κ3) is 3.62. The Kier molecular flexibility index (Phi) is 5.33. The fourth-order valence-corrected chi connectivity index (χ4v) is 4.62. The summed E-state index contributed by atoms with van der Waals surface area (Å²) in [4.78, 5) is 20.1. The summed E-state index contributed by atoms with van der Waals surface area (Å²) in [6.07, 6.45) is 0. The molecule has 2 heterocycles. The van der Waals surface area contributed by atoms with E-state index in [1.165, 1.54) is 0 Å². The summed E-state index contributed by atoms with van der Waals surface area (Å²) in [5, 5.41) is 4.59. The molecular formula is C21H20ClN3O2S. The van der Waals surface area contributed by atoms with Crippen LogP contribution >= 0.6 is 23.4 Å². The molecule has 2 aromatic rings. The number of anilines is 1. The molecule has 1 saturated heterocycles. The molecule has 0 spiro atoms. The van der Waals surface area contributed by atoms with Gasteiger partial charge in [-0.15, -0.1) is 0 Å². The highest BCUT2D eigenvalue weighted by molar-refractivity contribution is 8.14. The summed E-state index contributed by atoms with van der Waals surface area (Å²) in [6, 6.07) is 14.8. The second kappa shape index (κ2) is 7.89. The molecule has 4 rings (SSSR count). The van der Waals surface area contributed by atoms with Crippen LogP contribution < -0.4 is 10.1 Å². The number of amidine groups is 1. The molecule has 7 heteroatoms. The van der Waals surface area contributed by atoms with E-state index in [1.807, 2.05) is 31.2 Å². The van der Waals surface area contributed by atoms with Gasteiger partial charge < -0.3 is 15.0 Å². The third-order valence-electron chi connectivity index (χ3n) is 4.83. The number of nitrogens with zero attached hydrogens (tertiary/aromatic N) is 2. The van der Waals surface area contributed by atoms with E-state index in [9.17, 15) is 4.79 Å². The first kappa shape index (κ1) is 18.9. The van der Waals surface area contributed by atoms with E-state index in [-0.39, 0.29) is 11.9 Å². The number of fused-ring (bicyclic) bond motifs is 1. The van der Waals surface area contributed by atoms with Gasteiger partial charge in [0.15, 0.2) is 5.17 Å². The van der Waals surface area contributed by atoms with E-state index in [0.29, 0.717) is 16.3 Å². The Bertz CT molecular complexity index is 955. The lowest BCUT2D eigenvalue weighted by Gasteiger charge is -2.34. The number of nitrogens with one attached hydrogen (secondary N) is 1. The molecular weight excluding hydrogens is 394 g/mol. The summed E-state index contributed by atoms with van der Waals surface area (Å²) in [5.41, 5.74) is 3.14. The Morgan fingerprint density at radius 1 is 1.21 bits per heavy atom. The first-order valence-corrected chi connectivity index (χ1v) is 10.3. The Morgan fingerprint density at radius 2 is 1.93 bits per heavy atom. The van der Waals surface area contributed by atoms with Crippen LogP contribution in [0.3, 0.4) is 0 Å². The zero-order valence-electron chi connectivity index (χ0n) is 15.6. The van der Waals surface area contributed by atoms with Crippen molar-refractivity contribution in [2.24, 2.45) is 4.99 Å². The van der Waals surface area contributed by atoms with Gasteiger partial charge in [0.1, 0.15) is 5.75 Å². The number of amides is 1. The van der Waals surface area contributed by atoms with Crippen molar-refractivity contribution in [1.82, 2.24) is 4.90 Å². The Labute approximate surface area is 173 Å². The van der Waals surface area contributed by atoms with Crippen LogP contribution in [0, 0.1) is 0 Å². The van der Waals surface area contributed by atoms with Crippen LogP contribution in [0.4, 0.5) is 5.69 Å². The number of carbonyl (C=O) groups is 1. The average molecular weight is 414 g/mol. The molecule has 0 radical (unpaired) electrons. The molecule has 2 aliphatic rings. The van der Waals surface area contributed by atoms with Gasteiger partial charge in [-0.3, -0.25) is 4.79 Å². The molecule has 2 aromatic carbocycles. The number of thioether (sulfide) groups is 1. The quantitative estimate of drug-likeness (QED) is 0.787. The highest BCUT2D eigenvalue weighted by Crippen LogP contribution is 2.40. The van der Waals surface area contributed by atoms with Gasteiger partial charge in [-0.1, -0.05) is 35.5 Å². The van der Waals surface area contributed by atoms with Crippen LogP contribution in [-0.4, -0.2) is 35.4 Å². The van der Waals surface area contributed by atoms with E-state index < -0.39 is 0 Å². The van der Waals surface area contributed by atoms with Gasteiger partial charge in [-0.05, 0) is 48.9 Å². The lowest BCUT2D eigenvalue weighted by atomic mass is 9.93. The molecule has 1 unspecified atom stereocenters. The number of carbonyl (C=O) groups excluding carboxylic acids is 1. The molecule has 1 fully saturated rings. The molecule has 0 saturated carbocycles. The summed E-state index contributed by atoms with van der Waals surface area (Å²) < 4.78 is 5.28. The lowest BCUT2D eigenvalue weighted by Crippen LogP contribution is -2.37. The fourth-order valence-electron chi connectivity index (χ4n) is 3.46. The van der Waals surface area contributed by atoms with Gasteiger partial charge in [0, 0.05) is 23.0 Å². The van der Waals surface area contributed by atoms with Gasteiger partial charge in [0.05, 0.1) is 24.4 Å². The minimum Gasteiger partial charge on any atom is -0.497 e. The van der Waals surface area contributed by atoms with Crippen molar-refractivity contribution in [3.8, 4) is 5.75 Å². The average Bonchev–Trinajstić information content (AvgIpc) is 3.16. The monoisotopic (exact) mass is 413 g/mol. The zero-order chi connectivity index (χ0) is 19.7. The van der Waals surface area contributed by atoms with Crippen molar-refractivity contribution in [2.75, 3.05) is 24.7 Å². The Balaban J connectivity index is 1.71. The fraction of sp³-hybridized carbons (Fsp3) is 0.238. The van der Waals surface area contributed by atoms with E-state index in [0.717, 1.165) is 34.5 Å². The number of benzene rings is 2. The van der Waals surface area contributed by atoms with Gasteiger partial charge in [-0.25, -0.2) is 4.99 Å². The lowest BCUT2D eigenvalue weighted by molar-refractivity contribution is -0.113. The predicted octanol–water partition coefficient (Wildman–Crippen LogP) is 4.72. The molecule has 5 nitrogen and oxygen atoms in total. The molecule has 0 aromatic heterocycles. The highest BCUT2D eigenvalue weighted by Gasteiger charge is 2.38. The number of aliphatic imine (C=N–C) groups is 1. The second-order valence-corrected chi connectivity index (χ2v) is 8.07. The molecule has 1 atom stereocenters. The zero-order valence-corrected chi connectivity index (χ0v) is 17.2. The second-order valence-electron chi connectivity index (χ2n) is 6.57.